The Bertz CT molecular complexity index is 1250. The van der Waals surface area contributed by atoms with Gasteiger partial charge in [-0.25, -0.2) is 0 Å². The van der Waals surface area contributed by atoms with E-state index in [9.17, 15) is 9.90 Å². The lowest BCUT2D eigenvalue weighted by molar-refractivity contribution is -0.0439. The van der Waals surface area contributed by atoms with Crippen LogP contribution in [-0.2, 0) is 0 Å². The molecular weight excluding hydrogens is 526 g/mol. The lowest BCUT2D eigenvalue weighted by atomic mass is 9.85. The number of carbonyl (C=O) groups excluding carboxylic acids is 1. The molecule has 7 heteroatoms. The van der Waals surface area contributed by atoms with Crippen LogP contribution in [0.5, 0.6) is 17.2 Å². The molecule has 0 aromatic heterocycles. The summed E-state index contributed by atoms with van der Waals surface area (Å²) in [6.07, 6.45) is 9.44. The molecule has 1 atom stereocenters. The molecule has 0 spiro atoms. The van der Waals surface area contributed by atoms with Crippen LogP contribution in [0.15, 0.2) is 48.0 Å². The predicted molar refractivity (Wildman–Crippen MR) is 168 cm³/mol. The summed E-state index contributed by atoms with van der Waals surface area (Å²) < 4.78 is 11.6. The molecule has 1 aliphatic carbocycles. The second-order valence-corrected chi connectivity index (χ2v) is 13.3. The molecule has 2 aliphatic heterocycles. The van der Waals surface area contributed by atoms with Gasteiger partial charge in [0.15, 0.2) is 11.5 Å². The van der Waals surface area contributed by atoms with Crippen LogP contribution in [0, 0.1) is 5.92 Å². The minimum Gasteiger partial charge on any atom is -0.504 e. The van der Waals surface area contributed by atoms with Crippen LogP contribution in [0.1, 0.15) is 89.1 Å². The van der Waals surface area contributed by atoms with Gasteiger partial charge < -0.3 is 24.8 Å². The number of phenols is 1. The summed E-state index contributed by atoms with van der Waals surface area (Å²) in [5.74, 6) is 0.365. The van der Waals surface area contributed by atoms with E-state index >= 15 is 0 Å². The predicted octanol–water partition coefficient (Wildman–Crippen LogP) is 6.47. The van der Waals surface area contributed by atoms with Crippen molar-refractivity contribution < 1.29 is 19.4 Å². The summed E-state index contributed by atoms with van der Waals surface area (Å²) in [6.45, 7) is 13.5. The van der Waals surface area contributed by atoms with Crippen molar-refractivity contribution >= 4 is 12.0 Å². The molecule has 7 nitrogen and oxygen atoms in total. The number of nitrogens with zero attached hydrogens (tertiary/aromatic N) is 2. The normalized spacial score (nSPS) is 23.9. The smallest absolute Gasteiger partial charge is 0.254 e. The van der Waals surface area contributed by atoms with Crippen LogP contribution in [0.2, 0.25) is 0 Å². The quantitative estimate of drug-likeness (QED) is 0.339. The fraction of sp³-hybridized carbons (Fsp3) is 0.571. The molecule has 5 rings (SSSR count). The number of benzene rings is 2. The van der Waals surface area contributed by atoms with E-state index in [1.807, 2.05) is 23.1 Å². The van der Waals surface area contributed by atoms with Crippen LogP contribution in [-0.4, -0.2) is 70.9 Å². The lowest BCUT2D eigenvalue weighted by Crippen LogP contribution is -2.46. The fourth-order valence-corrected chi connectivity index (χ4v) is 6.91. The van der Waals surface area contributed by atoms with Gasteiger partial charge in [0, 0.05) is 57.2 Å². The molecule has 1 saturated carbocycles. The van der Waals surface area contributed by atoms with E-state index in [0.29, 0.717) is 54.2 Å². The maximum Gasteiger partial charge on any atom is 0.254 e. The zero-order valence-electron chi connectivity index (χ0n) is 26.1. The first-order valence-electron chi connectivity index (χ1n) is 15.8. The molecule has 1 amide bonds. The second kappa shape index (κ2) is 13.1. The van der Waals surface area contributed by atoms with E-state index in [-0.39, 0.29) is 11.7 Å². The highest BCUT2D eigenvalue weighted by atomic mass is 16.7. The van der Waals surface area contributed by atoms with Crippen LogP contribution < -0.4 is 14.8 Å². The average molecular weight is 576 g/mol. The monoisotopic (exact) mass is 575 g/mol. The fourth-order valence-electron chi connectivity index (χ4n) is 6.91. The Morgan fingerprint density at radius 2 is 1.86 bits per heavy atom. The van der Waals surface area contributed by atoms with Gasteiger partial charge in [0.2, 0.25) is 11.5 Å². The number of carbonyl (C=O) groups is 1. The van der Waals surface area contributed by atoms with E-state index in [1.54, 1.807) is 19.9 Å². The highest BCUT2D eigenvalue weighted by molar-refractivity contribution is 5.96. The number of hydrogen-bond acceptors (Lipinski definition) is 6. The largest absolute Gasteiger partial charge is 0.504 e. The molecule has 42 heavy (non-hydrogen) atoms. The number of hydrogen-bond donors (Lipinski definition) is 2. The van der Waals surface area contributed by atoms with Crippen molar-refractivity contribution in [3.05, 3.63) is 59.2 Å². The zero-order valence-corrected chi connectivity index (χ0v) is 26.1. The van der Waals surface area contributed by atoms with Gasteiger partial charge in [0.05, 0.1) is 0 Å². The first kappa shape index (κ1) is 30.4. The number of likely N-dealkylation sites (tertiary alicyclic amines) is 1. The van der Waals surface area contributed by atoms with E-state index < -0.39 is 5.79 Å². The molecule has 2 fully saturated rings. The molecule has 2 heterocycles. The third-order valence-corrected chi connectivity index (χ3v) is 8.76. The summed E-state index contributed by atoms with van der Waals surface area (Å²) in [5.41, 5.74) is 2.65. The first-order valence-corrected chi connectivity index (χ1v) is 15.8. The summed E-state index contributed by atoms with van der Waals surface area (Å²) >= 11 is 0. The average Bonchev–Trinajstić information content (AvgIpc) is 3.51. The summed E-state index contributed by atoms with van der Waals surface area (Å²) in [7, 11) is 0. The van der Waals surface area contributed by atoms with Crippen LogP contribution in [0.4, 0.5) is 0 Å². The SMILES string of the molecule is C/C(=C\c1ccccc1)CN(C[C@H]1CCCN1C[C@H]1CC[C@@H](NC(C)C)CC1)C(=O)c1cc(O)c2c(c1)OC(C)(C)O2. The Hall–Kier alpha value is -3.03. The molecule has 2 N–H and O–H groups in total. The number of ether oxygens (including phenoxy) is 2. The Kier molecular flexibility index (Phi) is 9.48. The Morgan fingerprint density at radius 1 is 1.12 bits per heavy atom. The standard InChI is InChI=1S/C35H49N3O4/c1-24(2)36-29-15-13-27(14-16-29)22-37-17-9-12-30(37)23-38(21-25(3)18-26-10-7-6-8-11-26)34(40)28-19-31(39)33-32(20-28)41-35(4,5)42-33/h6-8,10-11,18-20,24,27,29-30,36,39H,9,12-17,21-23H2,1-5H3/b25-18+/t27-,29+,30-/m1/s1. The van der Waals surface area contributed by atoms with Crippen molar-refractivity contribution in [2.45, 2.75) is 97.1 Å². The topological polar surface area (TPSA) is 74.3 Å². The Balaban J connectivity index is 1.32. The summed E-state index contributed by atoms with van der Waals surface area (Å²) in [5, 5.41) is 14.4. The molecule has 1 saturated heterocycles. The Labute approximate surface area is 251 Å². The van der Waals surface area contributed by atoms with Gasteiger partial charge in [-0.05, 0) is 75.6 Å². The van der Waals surface area contributed by atoms with Gasteiger partial charge >= 0.3 is 0 Å². The van der Waals surface area contributed by atoms with Crippen molar-refractivity contribution in [3.63, 3.8) is 0 Å². The maximum absolute atomic E-state index is 14.1. The van der Waals surface area contributed by atoms with Gasteiger partial charge in [-0.2, -0.15) is 0 Å². The zero-order chi connectivity index (χ0) is 29.9. The minimum atomic E-state index is -0.884. The van der Waals surface area contributed by atoms with Crippen molar-refractivity contribution in [1.29, 1.82) is 0 Å². The van der Waals surface area contributed by atoms with Crippen LogP contribution in [0.3, 0.4) is 0 Å². The van der Waals surface area contributed by atoms with Gasteiger partial charge in [-0.3, -0.25) is 9.69 Å². The molecule has 0 radical (unpaired) electrons. The maximum atomic E-state index is 14.1. The van der Waals surface area contributed by atoms with Crippen molar-refractivity contribution in [3.8, 4) is 17.2 Å². The number of aromatic hydroxyl groups is 1. The molecule has 2 aromatic carbocycles. The third-order valence-electron chi connectivity index (χ3n) is 8.76. The van der Waals surface area contributed by atoms with Crippen molar-refractivity contribution in [2.24, 2.45) is 5.92 Å². The van der Waals surface area contributed by atoms with Crippen molar-refractivity contribution in [1.82, 2.24) is 15.1 Å². The number of phenolic OH excluding ortho intramolecular Hbond substituents is 1. The van der Waals surface area contributed by atoms with Gasteiger partial charge in [-0.1, -0.05) is 55.8 Å². The number of rotatable bonds is 10. The lowest BCUT2D eigenvalue weighted by Gasteiger charge is -2.36. The van der Waals surface area contributed by atoms with E-state index in [1.165, 1.54) is 31.7 Å². The summed E-state index contributed by atoms with van der Waals surface area (Å²) in [6, 6.07) is 15.0. The van der Waals surface area contributed by atoms with E-state index in [4.69, 9.17) is 9.47 Å². The first-order chi connectivity index (χ1) is 20.1. The van der Waals surface area contributed by atoms with Gasteiger partial charge in [-0.15, -0.1) is 0 Å². The van der Waals surface area contributed by atoms with Gasteiger partial charge in [0.25, 0.3) is 5.91 Å². The number of amides is 1. The minimum absolute atomic E-state index is 0.0667. The molecule has 3 aliphatic rings. The molecule has 228 valence electrons. The van der Waals surface area contributed by atoms with E-state index in [0.717, 1.165) is 37.1 Å². The van der Waals surface area contributed by atoms with Crippen LogP contribution in [0.25, 0.3) is 6.08 Å². The van der Waals surface area contributed by atoms with Gasteiger partial charge in [0.1, 0.15) is 0 Å². The molecule has 0 bridgehead atoms. The third kappa shape index (κ3) is 7.67. The highest BCUT2D eigenvalue weighted by Crippen LogP contribution is 2.46. The highest BCUT2D eigenvalue weighted by Gasteiger charge is 2.36. The Morgan fingerprint density at radius 3 is 2.57 bits per heavy atom. The van der Waals surface area contributed by atoms with E-state index in [2.05, 4.69) is 49.2 Å². The second-order valence-electron chi connectivity index (χ2n) is 13.3. The van der Waals surface area contributed by atoms with Crippen molar-refractivity contribution in [2.75, 3.05) is 26.2 Å². The summed E-state index contributed by atoms with van der Waals surface area (Å²) in [4.78, 5) is 18.7. The van der Waals surface area contributed by atoms with Crippen LogP contribution >= 0.6 is 0 Å². The number of nitrogens with one attached hydrogen (secondary N) is 1. The molecule has 0 unspecified atom stereocenters. The number of fused-ring (bicyclic) bond motifs is 1. The molecule has 2 aromatic rings. The molecular formula is C35H49N3O4.